The molecule has 2 aromatic rings. The molecule has 0 N–H and O–H groups in total. The van der Waals surface area contributed by atoms with Crippen LogP contribution in [0.3, 0.4) is 0 Å². The van der Waals surface area contributed by atoms with Gasteiger partial charge < -0.3 is 9.47 Å². The molecule has 3 aliphatic rings. The van der Waals surface area contributed by atoms with Crippen molar-refractivity contribution in [3.63, 3.8) is 0 Å². The molecule has 1 unspecified atom stereocenters. The van der Waals surface area contributed by atoms with Crippen LogP contribution in [0.1, 0.15) is 18.4 Å². The first-order valence-corrected chi connectivity index (χ1v) is 12.0. The molecule has 7 heteroatoms. The second-order valence-corrected chi connectivity index (χ2v) is 10.3. The Balaban J connectivity index is 1.28. The fourth-order valence-electron chi connectivity index (χ4n) is 4.91. The minimum Gasteiger partial charge on any atom is -0.486 e. The van der Waals surface area contributed by atoms with Crippen LogP contribution in [-0.4, -0.2) is 58.5 Å². The van der Waals surface area contributed by atoms with Crippen molar-refractivity contribution >= 4 is 15.7 Å². The van der Waals surface area contributed by atoms with Gasteiger partial charge in [-0.1, -0.05) is 30.3 Å². The smallest absolute Gasteiger partial charge is 0.232 e. The first-order chi connectivity index (χ1) is 13.9. The molecular weight excluding hydrogens is 388 g/mol. The molecule has 29 heavy (non-hydrogen) atoms. The first-order valence-electron chi connectivity index (χ1n) is 10.1. The monoisotopic (exact) mass is 414 g/mol. The second kappa shape index (κ2) is 6.92. The summed E-state index contributed by atoms with van der Waals surface area (Å²) >= 11 is 0. The minimum absolute atomic E-state index is 0.0160. The number of anilines is 1. The van der Waals surface area contributed by atoms with E-state index in [1.54, 1.807) is 4.31 Å². The Morgan fingerprint density at radius 3 is 2.48 bits per heavy atom. The van der Waals surface area contributed by atoms with E-state index in [4.69, 9.17) is 9.47 Å². The van der Waals surface area contributed by atoms with E-state index in [2.05, 4.69) is 11.0 Å². The van der Waals surface area contributed by atoms with E-state index < -0.39 is 10.0 Å². The first kappa shape index (κ1) is 18.8. The Bertz CT molecular complexity index is 1010. The summed E-state index contributed by atoms with van der Waals surface area (Å²) in [5, 5.41) is 0. The number of benzene rings is 2. The second-order valence-electron chi connectivity index (χ2n) is 8.37. The van der Waals surface area contributed by atoms with Gasteiger partial charge in [-0.25, -0.2) is 8.42 Å². The minimum atomic E-state index is -3.27. The van der Waals surface area contributed by atoms with E-state index in [0.29, 0.717) is 13.2 Å². The van der Waals surface area contributed by atoms with E-state index in [9.17, 15) is 8.42 Å². The van der Waals surface area contributed by atoms with Crippen LogP contribution >= 0.6 is 0 Å². The zero-order valence-electron chi connectivity index (χ0n) is 16.6. The third-order valence-corrected chi connectivity index (χ3v) is 7.56. The number of nitrogens with zero attached hydrogens (tertiary/aromatic N) is 2. The number of hydrogen-bond acceptors (Lipinski definition) is 5. The van der Waals surface area contributed by atoms with Crippen LogP contribution in [0.4, 0.5) is 5.69 Å². The summed E-state index contributed by atoms with van der Waals surface area (Å²) in [7, 11) is -3.27. The fourth-order valence-corrected chi connectivity index (χ4v) is 5.91. The molecule has 0 radical (unpaired) electrons. The molecule has 3 heterocycles. The SMILES string of the molecule is CS(=O)(=O)N1CC2(CCN(CC3COc4ccccc4O3)CC2)c2ccccc21. The lowest BCUT2D eigenvalue weighted by Gasteiger charge is -2.41. The van der Waals surface area contributed by atoms with Gasteiger partial charge in [0.2, 0.25) is 10.0 Å². The van der Waals surface area contributed by atoms with Crippen molar-refractivity contribution in [1.82, 2.24) is 4.90 Å². The maximum absolute atomic E-state index is 12.3. The van der Waals surface area contributed by atoms with Crippen molar-refractivity contribution in [1.29, 1.82) is 0 Å². The standard InChI is InChI=1S/C22H26N2O4S/c1-29(25,26)24-16-22(18-6-2-3-7-19(18)24)10-12-23(13-11-22)14-17-15-27-20-8-4-5-9-21(20)28-17/h2-9,17H,10-16H2,1H3. The van der Waals surface area contributed by atoms with E-state index in [1.165, 1.54) is 11.8 Å². The molecule has 6 nitrogen and oxygen atoms in total. The largest absolute Gasteiger partial charge is 0.486 e. The predicted octanol–water partition coefficient (Wildman–Crippen LogP) is 2.64. The normalized spacial score (nSPS) is 23.2. The van der Waals surface area contributed by atoms with E-state index >= 15 is 0 Å². The maximum atomic E-state index is 12.3. The fraction of sp³-hybridized carbons (Fsp3) is 0.455. The van der Waals surface area contributed by atoms with E-state index in [-0.39, 0.29) is 11.5 Å². The van der Waals surface area contributed by atoms with Crippen LogP contribution in [0, 0.1) is 0 Å². The molecule has 0 aliphatic carbocycles. The lowest BCUT2D eigenvalue weighted by Crippen LogP contribution is -2.49. The number of fused-ring (bicyclic) bond motifs is 3. The Labute approximate surface area is 172 Å². The molecule has 2 aromatic carbocycles. The van der Waals surface area contributed by atoms with Crippen molar-refractivity contribution in [2.75, 3.05) is 43.3 Å². The molecule has 1 spiro atoms. The maximum Gasteiger partial charge on any atom is 0.232 e. The van der Waals surface area contributed by atoms with Crippen LogP contribution in [-0.2, 0) is 15.4 Å². The quantitative estimate of drug-likeness (QED) is 0.773. The van der Waals surface area contributed by atoms with Gasteiger partial charge in [0.1, 0.15) is 12.7 Å². The molecule has 0 aromatic heterocycles. The van der Waals surface area contributed by atoms with Crippen LogP contribution in [0.25, 0.3) is 0 Å². The van der Waals surface area contributed by atoms with Gasteiger partial charge in [-0.05, 0) is 49.7 Å². The number of rotatable bonds is 3. The number of hydrogen-bond donors (Lipinski definition) is 0. The van der Waals surface area contributed by atoms with Crippen molar-refractivity contribution in [2.45, 2.75) is 24.4 Å². The lowest BCUT2D eigenvalue weighted by molar-refractivity contribution is 0.0454. The highest BCUT2D eigenvalue weighted by Gasteiger charge is 2.47. The van der Waals surface area contributed by atoms with Crippen LogP contribution < -0.4 is 13.8 Å². The number of likely N-dealkylation sites (tertiary alicyclic amines) is 1. The van der Waals surface area contributed by atoms with Crippen LogP contribution in [0.15, 0.2) is 48.5 Å². The Hall–Kier alpha value is -2.25. The molecule has 0 saturated carbocycles. The number of piperidine rings is 1. The van der Waals surface area contributed by atoms with Crippen molar-refractivity contribution in [3.05, 3.63) is 54.1 Å². The summed E-state index contributed by atoms with van der Waals surface area (Å²) < 4.78 is 38.2. The van der Waals surface area contributed by atoms with Gasteiger partial charge in [0.15, 0.2) is 11.5 Å². The summed E-state index contributed by atoms with van der Waals surface area (Å²) in [6.45, 7) is 3.78. The Kier molecular flexibility index (Phi) is 4.47. The van der Waals surface area contributed by atoms with Crippen LogP contribution in [0.2, 0.25) is 0 Å². The third kappa shape index (κ3) is 3.36. The van der Waals surface area contributed by atoms with Gasteiger partial charge in [0.05, 0.1) is 11.9 Å². The zero-order chi connectivity index (χ0) is 20.1. The van der Waals surface area contributed by atoms with Gasteiger partial charge in [0, 0.05) is 18.5 Å². The van der Waals surface area contributed by atoms with E-state index in [0.717, 1.165) is 49.7 Å². The highest BCUT2D eigenvalue weighted by Crippen LogP contribution is 2.47. The summed E-state index contributed by atoms with van der Waals surface area (Å²) in [4.78, 5) is 2.42. The average Bonchev–Trinajstić information content (AvgIpc) is 3.05. The molecule has 0 amide bonds. The number of sulfonamides is 1. The summed E-state index contributed by atoms with van der Waals surface area (Å²) in [5.41, 5.74) is 1.94. The highest BCUT2D eigenvalue weighted by molar-refractivity contribution is 7.92. The van der Waals surface area contributed by atoms with Gasteiger partial charge in [-0.15, -0.1) is 0 Å². The molecular formula is C22H26N2O4S. The molecule has 1 fully saturated rings. The summed E-state index contributed by atoms with van der Waals surface area (Å²) in [6.07, 6.45) is 3.21. The number of ether oxygens (including phenoxy) is 2. The lowest BCUT2D eigenvalue weighted by atomic mass is 9.74. The molecule has 1 atom stereocenters. The Morgan fingerprint density at radius 2 is 1.72 bits per heavy atom. The predicted molar refractivity (Wildman–Crippen MR) is 112 cm³/mol. The van der Waals surface area contributed by atoms with Gasteiger partial charge in [0.25, 0.3) is 0 Å². The zero-order valence-corrected chi connectivity index (χ0v) is 17.4. The molecule has 1 saturated heterocycles. The van der Waals surface area contributed by atoms with Crippen molar-refractivity contribution < 1.29 is 17.9 Å². The number of para-hydroxylation sites is 3. The molecule has 154 valence electrons. The molecule has 0 bridgehead atoms. The summed E-state index contributed by atoms with van der Waals surface area (Å²) in [6, 6.07) is 15.8. The van der Waals surface area contributed by atoms with Crippen molar-refractivity contribution in [3.8, 4) is 11.5 Å². The average molecular weight is 415 g/mol. The van der Waals surface area contributed by atoms with Gasteiger partial charge in [-0.3, -0.25) is 9.21 Å². The van der Waals surface area contributed by atoms with Gasteiger partial charge in [-0.2, -0.15) is 0 Å². The Morgan fingerprint density at radius 1 is 1.03 bits per heavy atom. The topological polar surface area (TPSA) is 59.1 Å². The highest BCUT2D eigenvalue weighted by atomic mass is 32.2. The van der Waals surface area contributed by atoms with Gasteiger partial charge >= 0.3 is 0 Å². The summed E-state index contributed by atoms with van der Waals surface area (Å²) in [5.74, 6) is 1.62. The van der Waals surface area contributed by atoms with Crippen LogP contribution in [0.5, 0.6) is 11.5 Å². The van der Waals surface area contributed by atoms with Crippen molar-refractivity contribution in [2.24, 2.45) is 0 Å². The van der Waals surface area contributed by atoms with E-state index in [1.807, 2.05) is 42.5 Å². The third-order valence-electron chi connectivity index (χ3n) is 6.43. The molecule has 3 aliphatic heterocycles. The molecule has 5 rings (SSSR count).